The average Bonchev–Trinajstić information content (AvgIpc) is 3.54. The van der Waals surface area contributed by atoms with Gasteiger partial charge < -0.3 is 14.0 Å². The van der Waals surface area contributed by atoms with Crippen molar-refractivity contribution in [3.8, 4) is 23.3 Å². The summed E-state index contributed by atoms with van der Waals surface area (Å²) in [6, 6.07) is 24.0. The Labute approximate surface area is 292 Å². The maximum atomic E-state index is 12.6. The van der Waals surface area contributed by atoms with Crippen molar-refractivity contribution in [3.63, 3.8) is 0 Å². The van der Waals surface area contributed by atoms with Crippen molar-refractivity contribution in [1.29, 1.82) is 5.26 Å². The van der Waals surface area contributed by atoms with E-state index in [1.807, 2.05) is 95.5 Å². The van der Waals surface area contributed by atoms with Gasteiger partial charge in [-0.15, -0.1) is 11.8 Å². The summed E-state index contributed by atoms with van der Waals surface area (Å²) in [5.41, 5.74) is 1.33. The number of nitrogens with zero attached hydrogens (tertiary/aromatic N) is 1. The Hall–Kier alpha value is -2.96. The minimum absolute atomic E-state index is 0.0175. The zero-order chi connectivity index (χ0) is 34.8. The van der Waals surface area contributed by atoms with Crippen LogP contribution in [-0.4, -0.2) is 24.9 Å². The maximum Gasteiger partial charge on any atom is 0.458 e. The fourth-order valence-electron chi connectivity index (χ4n) is 4.92. The van der Waals surface area contributed by atoms with Gasteiger partial charge in [-0.25, -0.2) is 9.65 Å². The van der Waals surface area contributed by atoms with Crippen molar-refractivity contribution in [2.45, 2.75) is 58.6 Å². The molecule has 12 heteroatoms. The summed E-state index contributed by atoms with van der Waals surface area (Å²) in [5.74, 6) is 0.845. The quantitative estimate of drug-likeness (QED) is 0.105. The first-order chi connectivity index (χ1) is 22.2. The van der Waals surface area contributed by atoms with Crippen LogP contribution in [0.1, 0.15) is 51.8 Å². The molecule has 0 heterocycles. The Morgan fingerprint density at radius 3 is 2.32 bits per heavy atom. The standard InChI is InChI=1S/C22H19Cl2NO3.C13H22NO3PS/c1-22(2)17(12-19(23)24)20(22)21(26)28-18(13-25)14-7-6-10-16(11-14)27-15-8-4-3-5-9-15;1-6-16-18(15,14-10(2)3)17-12-7-8-13(19-5)11(4)9-12/h3-12,17-18,20H,1-2H3;7-10H,6H2,1-5H3,(H,14,15)/t17-,18?,20-;/m0./s1. The molecule has 0 amide bonds. The number of halogens is 2. The molecule has 0 aromatic heterocycles. The normalized spacial score (nSPS) is 18.0. The number of allylic oxidation sites excluding steroid dienone is 1. The zero-order valence-corrected chi connectivity index (χ0v) is 30.8. The number of para-hydroxylation sites is 1. The minimum Gasteiger partial charge on any atom is -0.457 e. The van der Waals surface area contributed by atoms with E-state index in [0.717, 1.165) is 5.56 Å². The van der Waals surface area contributed by atoms with Crippen molar-refractivity contribution >= 4 is 48.7 Å². The molecule has 0 aliphatic heterocycles. The van der Waals surface area contributed by atoms with Crippen molar-refractivity contribution in [2.75, 3.05) is 12.9 Å². The molecule has 47 heavy (non-hydrogen) atoms. The molecule has 1 saturated carbocycles. The highest BCUT2D eigenvalue weighted by Gasteiger charge is 2.62. The van der Waals surface area contributed by atoms with Gasteiger partial charge >= 0.3 is 13.7 Å². The number of aryl methyl sites for hydroxylation is 1. The van der Waals surface area contributed by atoms with E-state index in [1.165, 1.54) is 4.90 Å². The van der Waals surface area contributed by atoms with Crippen LogP contribution in [0.15, 0.2) is 88.3 Å². The van der Waals surface area contributed by atoms with Crippen LogP contribution in [0.4, 0.5) is 0 Å². The van der Waals surface area contributed by atoms with E-state index in [2.05, 4.69) is 5.09 Å². The molecular weight excluding hydrogens is 678 g/mol. The number of carbonyl (C=O) groups excluding carboxylic acids is 1. The number of ether oxygens (including phenoxy) is 2. The predicted molar refractivity (Wildman–Crippen MR) is 189 cm³/mol. The van der Waals surface area contributed by atoms with Crippen molar-refractivity contribution in [2.24, 2.45) is 17.3 Å². The number of rotatable bonds is 13. The number of esters is 1. The number of hydrogen-bond donors (Lipinski definition) is 1. The lowest BCUT2D eigenvalue weighted by Crippen LogP contribution is -2.23. The molecule has 4 rings (SSSR count). The highest BCUT2D eigenvalue weighted by molar-refractivity contribution is 7.98. The number of nitrogens with one attached hydrogen (secondary N) is 1. The highest BCUT2D eigenvalue weighted by Crippen LogP contribution is 2.60. The Kier molecular flexibility index (Phi) is 14.3. The van der Waals surface area contributed by atoms with Gasteiger partial charge in [-0.3, -0.25) is 9.32 Å². The second-order valence-corrected chi connectivity index (χ2v) is 15.2. The second-order valence-electron chi connectivity index (χ2n) is 11.6. The summed E-state index contributed by atoms with van der Waals surface area (Å²) < 4.78 is 34.7. The summed E-state index contributed by atoms with van der Waals surface area (Å²) in [5, 5.41) is 12.4. The van der Waals surface area contributed by atoms with Crippen LogP contribution in [0.3, 0.4) is 0 Å². The predicted octanol–water partition coefficient (Wildman–Crippen LogP) is 10.4. The molecule has 4 atom stereocenters. The highest BCUT2D eigenvalue weighted by atomic mass is 35.5. The summed E-state index contributed by atoms with van der Waals surface area (Å²) in [6.07, 6.45) is 2.64. The Balaban J connectivity index is 0.000000277. The third-order valence-electron chi connectivity index (χ3n) is 7.27. The number of benzene rings is 3. The van der Waals surface area contributed by atoms with Crippen LogP contribution in [0.25, 0.3) is 0 Å². The SMILES string of the molecule is CC1(C)[C@H](C(=O)OC(C#N)c2cccc(Oc3ccccc3)c2)[C@@H]1C=C(Cl)Cl.CCOP(=O)(NC(C)C)Oc1ccc(SC)c(C)c1. The fourth-order valence-corrected chi connectivity index (χ4v) is 7.32. The molecule has 0 saturated heterocycles. The van der Waals surface area contributed by atoms with Gasteiger partial charge in [0.2, 0.25) is 6.10 Å². The largest absolute Gasteiger partial charge is 0.458 e. The van der Waals surface area contributed by atoms with Gasteiger partial charge in [0.05, 0.1) is 12.5 Å². The summed E-state index contributed by atoms with van der Waals surface area (Å²) in [4.78, 5) is 13.8. The Bertz CT molecular complexity index is 1630. The minimum atomic E-state index is -3.30. The molecule has 8 nitrogen and oxygen atoms in total. The van der Waals surface area contributed by atoms with Gasteiger partial charge in [0.25, 0.3) is 0 Å². The average molecular weight is 720 g/mol. The van der Waals surface area contributed by atoms with Crippen LogP contribution in [0.5, 0.6) is 17.2 Å². The van der Waals surface area contributed by atoms with E-state index in [-0.39, 0.29) is 27.8 Å². The van der Waals surface area contributed by atoms with E-state index >= 15 is 0 Å². The first-order valence-corrected chi connectivity index (χ1v) is 18.6. The van der Waals surface area contributed by atoms with Crippen molar-refractivity contribution in [1.82, 2.24) is 5.09 Å². The molecule has 1 fully saturated rings. The van der Waals surface area contributed by atoms with Crippen LogP contribution in [-0.2, 0) is 18.6 Å². The maximum absolute atomic E-state index is 12.6. The molecule has 3 aromatic carbocycles. The monoisotopic (exact) mass is 718 g/mol. The third-order valence-corrected chi connectivity index (χ3v) is 10.3. The molecule has 1 aliphatic carbocycles. The molecule has 3 aromatic rings. The summed E-state index contributed by atoms with van der Waals surface area (Å²) in [6.45, 7) is 11.8. The second kappa shape index (κ2) is 17.4. The van der Waals surface area contributed by atoms with Crippen LogP contribution in [0.2, 0.25) is 0 Å². The molecule has 2 unspecified atom stereocenters. The lowest BCUT2D eigenvalue weighted by atomic mass is 10.1. The van der Waals surface area contributed by atoms with E-state index in [4.69, 9.17) is 41.7 Å². The fraction of sp³-hybridized carbons (Fsp3) is 0.371. The Morgan fingerprint density at radius 1 is 1.06 bits per heavy atom. The first-order valence-electron chi connectivity index (χ1n) is 15.0. The van der Waals surface area contributed by atoms with Gasteiger partial charge in [0, 0.05) is 16.5 Å². The summed E-state index contributed by atoms with van der Waals surface area (Å²) in [7, 11) is -3.30. The van der Waals surface area contributed by atoms with Crippen molar-refractivity contribution in [3.05, 3.63) is 94.5 Å². The van der Waals surface area contributed by atoms with Gasteiger partial charge in [0.15, 0.2) is 0 Å². The van der Waals surface area contributed by atoms with Crippen LogP contribution in [0, 0.1) is 35.5 Å². The van der Waals surface area contributed by atoms with Crippen molar-refractivity contribution < 1.29 is 27.9 Å². The molecule has 252 valence electrons. The first kappa shape index (κ1) is 38.5. The number of nitriles is 1. The number of thioether (sulfide) groups is 1. The van der Waals surface area contributed by atoms with Gasteiger partial charge in [-0.2, -0.15) is 5.26 Å². The molecule has 0 bridgehead atoms. The topological polar surface area (TPSA) is 107 Å². The van der Waals surface area contributed by atoms with Crippen LogP contribution >= 0.6 is 42.7 Å². The van der Waals surface area contributed by atoms with E-state index in [0.29, 0.717) is 29.4 Å². The molecule has 1 N–H and O–H groups in total. The zero-order valence-electron chi connectivity index (χ0n) is 27.5. The lowest BCUT2D eigenvalue weighted by Gasteiger charge is -2.21. The molecule has 1 aliphatic rings. The summed E-state index contributed by atoms with van der Waals surface area (Å²) >= 11 is 13.1. The van der Waals surface area contributed by atoms with Gasteiger partial charge in [0.1, 0.15) is 27.8 Å². The van der Waals surface area contributed by atoms with Gasteiger partial charge in [-0.1, -0.05) is 67.4 Å². The smallest absolute Gasteiger partial charge is 0.457 e. The number of carbonyl (C=O) groups is 1. The molecule has 0 radical (unpaired) electrons. The lowest BCUT2D eigenvalue weighted by molar-refractivity contribution is -0.149. The van der Waals surface area contributed by atoms with Gasteiger partial charge in [-0.05, 0) is 99.4 Å². The van der Waals surface area contributed by atoms with E-state index in [1.54, 1.807) is 49.0 Å². The third kappa shape index (κ3) is 11.3. The molecular formula is C35H41Cl2N2O6PS. The molecule has 0 spiro atoms. The van der Waals surface area contributed by atoms with E-state index < -0.39 is 19.8 Å². The van der Waals surface area contributed by atoms with Crippen LogP contribution < -0.4 is 14.3 Å². The number of hydrogen-bond acceptors (Lipinski definition) is 8. The van der Waals surface area contributed by atoms with E-state index in [9.17, 15) is 14.6 Å². The Morgan fingerprint density at radius 2 is 1.74 bits per heavy atom.